The van der Waals surface area contributed by atoms with Crippen molar-refractivity contribution in [1.29, 1.82) is 0 Å². The Morgan fingerprint density at radius 3 is 2.53 bits per heavy atom. The van der Waals surface area contributed by atoms with Gasteiger partial charge in [0, 0.05) is 6.04 Å². The molecule has 1 rings (SSSR count). The third kappa shape index (κ3) is 4.55. The van der Waals surface area contributed by atoms with Crippen LogP contribution in [0.1, 0.15) is 60.3 Å². The lowest BCUT2D eigenvalue weighted by atomic mass is 9.70. The summed E-state index contributed by atoms with van der Waals surface area (Å²) < 4.78 is 0. The van der Waals surface area contributed by atoms with Gasteiger partial charge in [-0.15, -0.1) is 0 Å². The van der Waals surface area contributed by atoms with E-state index in [1.165, 1.54) is 32.2 Å². The Morgan fingerprint density at radius 1 is 1.33 bits per heavy atom. The van der Waals surface area contributed by atoms with Crippen LogP contribution in [0, 0.1) is 17.3 Å². The topological polar surface area (TPSA) is 12.0 Å². The molecule has 0 saturated heterocycles. The van der Waals surface area contributed by atoms with Gasteiger partial charge in [-0.05, 0) is 49.5 Å². The summed E-state index contributed by atoms with van der Waals surface area (Å²) in [5.74, 6) is 1.67. The molecular weight excluding hydrogens is 182 g/mol. The minimum Gasteiger partial charge on any atom is -0.314 e. The third-order valence-electron chi connectivity index (χ3n) is 3.82. The van der Waals surface area contributed by atoms with E-state index in [-0.39, 0.29) is 0 Å². The molecule has 1 aliphatic rings. The maximum absolute atomic E-state index is 3.74. The summed E-state index contributed by atoms with van der Waals surface area (Å²) in [4.78, 5) is 0. The number of rotatable bonds is 4. The molecule has 0 aromatic carbocycles. The molecule has 0 aromatic rings. The first-order chi connectivity index (χ1) is 6.91. The van der Waals surface area contributed by atoms with Crippen LogP contribution in [0.4, 0.5) is 0 Å². The highest BCUT2D eigenvalue weighted by Crippen LogP contribution is 2.38. The van der Waals surface area contributed by atoms with Gasteiger partial charge in [-0.25, -0.2) is 0 Å². The van der Waals surface area contributed by atoms with Crippen molar-refractivity contribution >= 4 is 0 Å². The van der Waals surface area contributed by atoms with Crippen molar-refractivity contribution < 1.29 is 0 Å². The second kappa shape index (κ2) is 5.34. The van der Waals surface area contributed by atoms with Gasteiger partial charge in [0.05, 0.1) is 0 Å². The molecule has 0 amide bonds. The van der Waals surface area contributed by atoms with Crippen molar-refractivity contribution in [3.63, 3.8) is 0 Å². The van der Waals surface area contributed by atoms with E-state index in [0.717, 1.165) is 17.9 Å². The highest BCUT2D eigenvalue weighted by Gasteiger charge is 2.31. The SMILES string of the molecule is CC(C)CCNC1CCC(C)(C)CC1C. The molecule has 1 saturated carbocycles. The van der Waals surface area contributed by atoms with Gasteiger partial charge in [-0.2, -0.15) is 0 Å². The normalized spacial score (nSPS) is 30.8. The Hall–Kier alpha value is -0.0400. The average molecular weight is 211 g/mol. The molecule has 1 fully saturated rings. The van der Waals surface area contributed by atoms with Crippen molar-refractivity contribution in [3.05, 3.63) is 0 Å². The summed E-state index contributed by atoms with van der Waals surface area (Å²) >= 11 is 0. The molecule has 90 valence electrons. The highest BCUT2D eigenvalue weighted by molar-refractivity contribution is 4.86. The van der Waals surface area contributed by atoms with Gasteiger partial charge in [0.2, 0.25) is 0 Å². The van der Waals surface area contributed by atoms with Crippen molar-refractivity contribution in [2.75, 3.05) is 6.54 Å². The van der Waals surface area contributed by atoms with E-state index in [9.17, 15) is 0 Å². The molecule has 1 N–H and O–H groups in total. The van der Waals surface area contributed by atoms with E-state index in [0.29, 0.717) is 5.41 Å². The molecule has 0 spiro atoms. The summed E-state index contributed by atoms with van der Waals surface area (Å²) in [5, 5.41) is 3.74. The van der Waals surface area contributed by atoms with Crippen LogP contribution < -0.4 is 5.32 Å². The Balaban J connectivity index is 2.26. The largest absolute Gasteiger partial charge is 0.314 e. The van der Waals surface area contributed by atoms with E-state index < -0.39 is 0 Å². The van der Waals surface area contributed by atoms with Crippen LogP contribution in [0.5, 0.6) is 0 Å². The molecule has 0 radical (unpaired) electrons. The van der Waals surface area contributed by atoms with Crippen LogP contribution in [-0.2, 0) is 0 Å². The monoisotopic (exact) mass is 211 g/mol. The van der Waals surface area contributed by atoms with Gasteiger partial charge in [-0.3, -0.25) is 0 Å². The molecule has 0 aromatic heterocycles. The van der Waals surface area contributed by atoms with Crippen molar-refractivity contribution in [2.45, 2.75) is 66.3 Å². The molecule has 15 heavy (non-hydrogen) atoms. The van der Waals surface area contributed by atoms with Crippen LogP contribution in [0.2, 0.25) is 0 Å². The van der Waals surface area contributed by atoms with Crippen LogP contribution >= 0.6 is 0 Å². The molecular formula is C14H29N. The minimum absolute atomic E-state index is 0.579. The molecule has 1 nitrogen and oxygen atoms in total. The molecule has 2 unspecified atom stereocenters. The van der Waals surface area contributed by atoms with Gasteiger partial charge in [0.15, 0.2) is 0 Å². The first-order valence-corrected chi connectivity index (χ1v) is 6.64. The van der Waals surface area contributed by atoms with Crippen molar-refractivity contribution in [1.82, 2.24) is 5.32 Å². The van der Waals surface area contributed by atoms with Crippen LogP contribution in [0.15, 0.2) is 0 Å². The van der Waals surface area contributed by atoms with Gasteiger partial charge < -0.3 is 5.32 Å². The average Bonchev–Trinajstić information content (AvgIpc) is 2.07. The van der Waals surface area contributed by atoms with Crippen molar-refractivity contribution in [3.8, 4) is 0 Å². The summed E-state index contributed by atoms with van der Waals surface area (Å²) in [5.41, 5.74) is 0.579. The lowest BCUT2D eigenvalue weighted by Gasteiger charge is -2.39. The number of hydrogen-bond donors (Lipinski definition) is 1. The maximum atomic E-state index is 3.74. The predicted molar refractivity (Wildman–Crippen MR) is 68.0 cm³/mol. The molecule has 1 heteroatoms. The molecule has 0 heterocycles. The summed E-state index contributed by atoms with van der Waals surface area (Å²) in [7, 11) is 0. The molecule has 0 aliphatic heterocycles. The second-order valence-electron chi connectivity index (χ2n) is 6.63. The van der Waals surface area contributed by atoms with Gasteiger partial charge in [-0.1, -0.05) is 34.6 Å². The minimum atomic E-state index is 0.579. The van der Waals surface area contributed by atoms with Gasteiger partial charge in [0.25, 0.3) is 0 Å². The molecule has 2 atom stereocenters. The first kappa shape index (κ1) is 13.0. The maximum Gasteiger partial charge on any atom is 0.00930 e. The lowest BCUT2D eigenvalue weighted by Crippen LogP contribution is -2.42. The van der Waals surface area contributed by atoms with Crippen LogP contribution in [-0.4, -0.2) is 12.6 Å². The smallest absolute Gasteiger partial charge is 0.00930 e. The summed E-state index contributed by atoms with van der Waals surface area (Å²) in [6.07, 6.45) is 5.45. The van der Waals surface area contributed by atoms with E-state index >= 15 is 0 Å². The van der Waals surface area contributed by atoms with E-state index in [2.05, 4.69) is 39.9 Å². The fourth-order valence-corrected chi connectivity index (χ4v) is 2.81. The Labute approximate surface area is 96.0 Å². The Kier molecular flexibility index (Phi) is 4.64. The molecule has 1 aliphatic carbocycles. The summed E-state index contributed by atoms with van der Waals surface area (Å²) in [6.45, 7) is 13.0. The van der Waals surface area contributed by atoms with Crippen molar-refractivity contribution in [2.24, 2.45) is 17.3 Å². The lowest BCUT2D eigenvalue weighted by molar-refractivity contribution is 0.148. The number of hydrogen-bond acceptors (Lipinski definition) is 1. The zero-order valence-electron chi connectivity index (χ0n) is 11.3. The first-order valence-electron chi connectivity index (χ1n) is 6.64. The summed E-state index contributed by atoms with van der Waals surface area (Å²) in [6, 6.07) is 0.775. The van der Waals surface area contributed by atoms with E-state index in [1.54, 1.807) is 0 Å². The number of nitrogens with one attached hydrogen (secondary N) is 1. The Bertz CT molecular complexity index is 184. The predicted octanol–water partition coefficient (Wildman–Crippen LogP) is 3.84. The second-order valence-corrected chi connectivity index (χ2v) is 6.63. The standard InChI is InChI=1S/C14H29N/c1-11(2)7-9-15-13-6-8-14(4,5)10-12(13)3/h11-13,15H,6-10H2,1-5H3. The zero-order valence-corrected chi connectivity index (χ0v) is 11.3. The quantitative estimate of drug-likeness (QED) is 0.745. The van der Waals surface area contributed by atoms with Gasteiger partial charge >= 0.3 is 0 Å². The van der Waals surface area contributed by atoms with Crippen LogP contribution in [0.25, 0.3) is 0 Å². The highest BCUT2D eigenvalue weighted by atomic mass is 14.9. The van der Waals surface area contributed by atoms with E-state index in [1.807, 2.05) is 0 Å². The van der Waals surface area contributed by atoms with Crippen LogP contribution in [0.3, 0.4) is 0 Å². The van der Waals surface area contributed by atoms with E-state index in [4.69, 9.17) is 0 Å². The third-order valence-corrected chi connectivity index (χ3v) is 3.82. The fourth-order valence-electron chi connectivity index (χ4n) is 2.81. The van der Waals surface area contributed by atoms with Gasteiger partial charge in [0.1, 0.15) is 0 Å². The molecule has 0 bridgehead atoms. The fraction of sp³-hybridized carbons (Fsp3) is 1.00. The zero-order chi connectivity index (χ0) is 11.5. The Morgan fingerprint density at radius 2 is 2.00 bits per heavy atom.